The highest BCUT2D eigenvalue weighted by molar-refractivity contribution is 5.89. The summed E-state index contributed by atoms with van der Waals surface area (Å²) in [5, 5.41) is 5.76. The van der Waals surface area contributed by atoms with E-state index in [1.165, 1.54) is 5.39 Å². The van der Waals surface area contributed by atoms with Gasteiger partial charge in [-0.3, -0.25) is 4.57 Å². The van der Waals surface area contributed by atoms with Crippen molar-refractivity contribution in [3.8, 4) is 23.0 Å². The number of nitrogens with one attached hydrogen (secondary N) is 1. The second-order valence-electron chi connectivity index (χ2n) is 11.3. The van der Waals surface area contributed by atoms with Crippen LogP contribution in [0.25, 0.3) is 39.0 Å². The summed E-state index contributed by atoms with van der Waals surface area (Å²) < 4.78 is 13.2. The third-order valence-corrected chi connectivity index (χ3v) is 7.15. The van der Waals surface area contributed by atoms with Crippen LogP contribution in [0.1, 0.15) is 33.6 Å². The fourth-order valence-corrected chi connectivity index (χ4v) is 5.25. The highest BCUT2D eigenvalue weighted by Gasteiger charge is 2.28. The van der Waals surface area contributed by atoms with Crippen molar-refractivity contribution in [2.45, 2.75) is 45.3 Å². The molecule has 3 aromatic carbocycles. The first-order chi connectivity index (χ1) is 19.8. The largest absolute Gasteiger partial charge is 0.497 e. The summed E-state index contributed by atoms with van der Waals surface area (Å²) in [5.41, 5.74) is 2.16. The number of carbonyl (C=O) groups is 1. The maximum atomic E-state index is 12.7. The SMILES string of the molecule is COc1ccc2nc(-c3ccc4ccccc4c3)n(-c3ccnc(N[C@H]4CCCN(C(=O)OC(C)(C)C)C4)n3)c2c1. The molecule has 0 spiro atoms. The van der Waals surface area contributed by atoms with Gasteiger partial charge in [-0.2, -0.15) is 4.98 Å². The maximum absolute atomic E-state index is 12.7. The minimum atomic E-state index is -0.534. The molecule has 5 aromatic rings. The zero-order chi connectivity index (χ0) is 28.6. The number of carbonyl (C=O) groups excluding carboxylic acids is 1. The minimum Gasteiger partial charge on any atom is -0.497 e. The number of hydrogen-bond donors (Lipinski definition) is 1. The molecular formula is C32H34N6O3. The lowest BCUT2D eigenvalue weighted by atomic mass is 10.1. The van der Waals surface area contributed by atoms with Crippen LogP contribution in [-0.4, -0.2) is 62.4 Å². The summed E-state index contributed by atoms with van der Waals surface area (Å²) in [6, 6.07) is 22.4. The number of imidazole rings is 1. The van der Waals surface area contributed by atoms with E-state index in [0.717, 1.165) is 46.4 Å². The van der Waals surface area contributed by atoms with Crippen LogP contribution in [0.5, 0.6) is 5.75 Å². The highest BCUT2D eigenvalue weighted by atomic mass is 16.6. The van der Waals surface area contributed by atoms with Crippen molar-refractivity contribution in [3.05, 3.63) is 72.9 Å². The molecule has 0 bridgehead atoms. The monoisotopic (exact) mass is 550 g/mol. The molecule has 1 aliphatic heterocycles. The molecule has 0 unspecified atom stereocenters. The van der Waals surface area contributed by atoms with Gasteiger partial charge in [0.05, 0.1) is 18.1 Å². The van der Waals surface area contributed by atoms with Crippen LogP contribution in [0.4, 0.5) is 10.7 Å². The van der Waals surface area contributed by atoms with Crippen LogP contribution in [-0.2, 0) is 4.74 Å². The smallest absolute Gasteiger partial charge is 0.410 e. The van der Waals surface area contributed by atoms with Crippen molar-refractivity contribution in [1.29, 1.82) is 0 Å². The van der Waals surface area contributed by atoms with Gasteiger partial charge in [0.15, 0.2) is 0 Å². The van der Waals surface area contributed by atoms with Crippen LogP contribution in [0.15, 0.2) is 72.9 Å². The Kier molecular flexibility index (Phi) is 6.95. The molecule has 9 nitrogen and oxygen atoms in total. The fraction of sp³-hybridized carbons (Fsp3) is 0.312. The van der Waals surface area contributed by atoms with Gasteiger partial charge in [0.25, 0.3) is 0 Å². The molecule has 1 atom stereocenters. The molecule has 210 valence electrons. The number of benzene rings is 3. The Morgan fingerprint density at radius 3 is 2.63 bits per heavy atom. The zero-order valence-corrected chi connectivity index (χ0v) is 23.8. The van der Waals surface area contributed by atoms with Crippen molar-refractivity contribution in [2.75, 3.05) is 25.5 Å². The molecule has 2 aromatic heterocycles. The van der Waals surface area contributed by atoms with E-state index in [-0.39, 0.29) is 12.1 Å². The number of fused-ring (bicyclic) bond motifs is 2. The molecule has 1 aliphatic rings. The van der Waals surface area contributed by atoms with Crippen LogP contribution >= 0.6 is 0 Å². The quantitative estimate of drug-likeness (QED) is 0.269. The number of likely N-dealkylation sites (tertiary alicyclic amines) is 1. The maximum Gasteiger partial charge on any atom is 0.410 e. The predicted molar refractivity (Wildman–Crippen MR) is 161 cm³/mol. The van der Waals surface area contributed by atoms with Gasteiger partial charge >= 0.3 is 6.09 Å². The summed E-state index contributed by atoms with van der Waals surface area (Å²) in [4.78, 5) is 28.9. The summed E-state index contributed by atoms with van der Waals surface area (Å²) in [7, 11) is 1.66. The standard InChI is InChI=1S/C32H34N6O3/c1-32(2,3)41-31(39)37-17-7-10-24(20-37)34-30-33-16-15-28(36-30)38-27-19-25(40-4)13-14-26(27)35-29(38)23-12-11-21-8-5-6-9-22(21)18-23/h5-6,8-9,11-16,18-19,24H,7,10,17,20H2,1-4H3,(H,33,34,36)/t24-/m0/s1. The number of anilines is 1. The van der Waals surface area contributed by atoms with Crippen molar-refractivity contribution >= 4 is 33.8 Å². The number of methoxy groups -OCH3 is 1. The Labute approximate surface area is 239 Å². The van der Waals surface area contributed by atoms with Crippen LogP contribution in [0.3, 0.4) is 0 Å². The summed E-state index contributed by atoms with van der Waals surface area (Å²) in [5.74, 6) is 2.69. The Morgan fingerprint density at radius 1 is 1.00 bits per heavy atom. The first-order valence-electron chi connectivity index (χ1n) is 13.9. The summed E-state index contributed by atoms with van der Waals surface area (Å²) in [6.07, 6.45) is 3.22. The molecular weight excluding hydrogens is 516 g/mol. The van der Waals surface area contributed by atoms with Gasteiger partial charge in [0.1, 0.15) is 23.0 Å². The molecule has 6 rings (SSSR count). The number of ether oxygens (including phenoxy) is 2. The molecule has 1 saturated heterocycles. The van der Waals surface area contributed by atoms with Crippen LogP contribution in [0, 0.1) is 0 Å². The number of nitrogens with zero attached hydrogens (tertiary/aromatic N) is 5. The lowest BCUT2D eigenvalue weighted by Crippen LogP contribution is -2.47. The first-order valence-corrected chi connectivity index (χ1v) is 13.9. The average Bonchev–Trinajstić information content (AvgIpc) is 3.35. The van der Waals surface area contributed by atoms with E-state index in [4.69, 9.17) is 19.4 Å². The topological polar surface area (TPSA) is 94.4 Å². The first kappa shape index (κ1) is 26.6. The Morgan fingerprint density at radius 2 is 1.83 bits per heavy atom. The highest BCUT2D eigenvalue weighted by Crippen LogP contribution is 2.32. The molecule has 9 heteroatoms. The van der Waals surface area contributed by atoms with Crippen molar-refractivity contribution in [1.82, 2.24) is 24.4 Å². The van der Waals surface area contributed by atoms with E-state index in [2.05, 4.69) is 40.6 Å². The molecule has 1 fully saturated rings. The Hall–Kier alpha value is -4.66. The summed E-state index contributed by atoms with van der Waals surface area (Å²) >= 11 is 0. The molecule has 1 N–H and O–H groups in total. The second kappa shape index (κ2) is 10.7. The van der Waals surface area contributed by atoms with Crippen molar-refractivity contribution in [3.63, 3.8) is 0 Å². The van der Waals surface area contributed by atoms with Gasteiger partial charge < -0.3 is 19.7 Å². The van der Waals surface area contributed by atoms with Gasteiger partial charge in [-0.05, 0) is 68.7 Å². The van der Waals surface area contributed by atoms with E-state index >= 15 is 0 Å². The van der Waals surface area contributed by atoms with Crippen molar-refractivity contribution in [2.24, 2.45) is 0 Å². The number of amides is 1. The van der Waals surface area contributed by atoms with Gasteiger partial charge in [-0.15, -0.1) is 0 Å². The third-order valence-electron chi connectivity index (χ3n) is 7.15. The normalized spacial score (nSPS) is 15.7. The minimum absolute atomic E-state index is 0.00565. The molecule has 0 radical (unpaired) electrons. The van der Waals surface area contributed by atoms with Crippen molar-refractivity contribution < 1.29 is 14.3 Å². The third kappa shape index (κ3) is 5.66. The Bertz CT molecular complexity index is 1720. The zero-order valence-electron chi connectivity index (χ0n) is 23.8. The number of rotatable bonds is 5. The van der Waals surface area contributed by atoms with Crippen LogP contribution in [0.2, 0.25) is 0 Å². The second-order valence-corrected chi connectivity index (χ2v) is 11.3. The summed E-state index contributed by atoms with van der Waals surface area (Å²) in [6.45, 7) is 6.84. The lowest BCUT2D eigenvalue weighted by molar-refractivity contribution is 0.0206. The number of piperidine rings is 1. The fourth-order valence-electron chi connectivity index (χ4n) is 5.25. The van der Waals surface area contributed by atoms with Gasteiger partial charge in [0.2, 0.25) is 5.95 Å². The molecule has 0 aliphatic carbocycles. The molecule has 0 saturated carbocycles. The van der Waals surface area contributed by atoms with E-state index in [1.807, 2.05) is 61.7 Å². The van der Waals surface area contributed by atoms with Crippen LogP contribution < -0.4 is 10.1 Å². The number of aromatic nitrogens is 4. The number of hydrogen-bond acceptors (Lipinski definition) is 7. The predicted octanol–water partition coefficient (Wildman–Crippen LogP) is 6.46. The Balaban J connectivity index is 1.35. The van der Waals surface area contributed by atoms with E-state index in [0.29, 0.717) is 24.9 Å². The van der Waals surface area contributed by atoms with Gasteiger partial charge in [-0.25, -0.2) is 14.8 Å². The van der Waals surface area contributed by atoms with E-state index in [1.54, 1.807) is 18.2 Å². The van der Waals surface area contributed by atoms with E-state index < -0.39 is 5.60 Å². The van der Waals surface area contributed by atoms with E-state index in [9.17, 15) is 4.79 Å². The molecule has 1 amide bonds. The lowest BCUT2D eigenvalue weighted by Gasteiger charge is -2.34. The average molecular weight is 551 g/mol. The molecule has 41 heavy (non-hydrogen) atoms. The van der Waals surface area contributed by atoms with Gasteiger partial charge in [-0.1, -0.05) is 36.4 Å². The molecule has 3 heterocycles. The van der Waals surface area contributed by atoms with Gasteiger partial charge in [0, 0.05) is 37.0 Å².